The average Bonchev–Trinajstić information content (AvgIpc) is 2.70. The van der Waals surface area contributed by atoms with E-state index in [1.165, 1.54) is 0 Å². The molecule has 1 aromatic carbocycles. The minimum atomic E-state index is -0.541. The van der Waals surface area contributed by atoms with Crippen LogP contribution in [0.5, 0.6) is 0 Å². The molecule has 0 unspecified atom stereocenters. The maximum atomic E-state index is 12.8. The number of ether oxygens (including phenoxy) is 1. The van der Waals surface area contributed by atoms with Gasteiger partial charge in [0.25, 0.3) is 0 Å². The van der Waals surface area contributed by atoms with E-state index in [1.54, 1.807) is 4.90 Å². The Kier molecular flexibility index (Phi) is 8.72. The highest BCUT2D eigenvalue weighted by atomic mass is 16.5. The number of allylic oxidation sites excluding steroid dienone is 2. The summed E-state index contributed by atoms with van der Waals surface area (Å²) in [6.45, 7) is 5.31. The van der Waals surface area contributed by atoms with Crippen LogP contribution in [0.3, 0.4) is 0 Å². The number of esters is 1. The lowest BCUT2D eigenvalue weighted by atomic mass is 9.98. The van der Waals surface area contributed by atoms with Gasteiger partial charge in [-0.15, -0.1) is 0 Å². The van der Waals surface area contributed by atoms with Crippen molar-refractivity contribution in [3.05, 3.63) is 48.0 Å². The first-order chi connectivity index (χ1) is 13.5. The Balaban J connectivity index is 2.13. The number of amides is 2. The Morgan fingerprint density at radius 3 is 2.54 bits per heavy atom. The van der Waals surface area contributed by atoms with Gasteiger partial charge in [-0.3, -0.25) is 14.4 Å². The molecule has 1 aromatic rings. The topological polar surface area (TPSA) is 75.7 Å². The molecular formula is C22H30N2O4. The molecule has 0 aliphatic carbocycles. The van der Waals surface area contributed by atoms with Gasteiger partial charge in [-0.25, -0.2) is 0 Å². The highest BCUT2D eigenvalue weighted by Gasteiger charge is 2.25. The molecular weight excluding hydrogens is 356 g/mol. The summed E-state index contributed by atoms with van der Waals surface area (Å²) in [6.07, 6.45) is 4.71. The van der Waals surface area contributed by atoms with Crippen molar-refractivity contribution in [3.63, 3.8) is 0 Å². The van der Waals surface area contributed by atoms with Gasteiger partial charge in [-0.1, -0.05) is 42.5 Å². The van der Waals surface area contributed by atoms with E-state index in [9.17, 15) is 14.4 Å². The van der Waals surface area contributed by atoms with Crippen LogP contribution in [-0.4, -0.2) is 42.3 Å². The zero-order valence-electron chi connectivity index (χ0n) is 16.7. The van der Waals surface area contributed by atoms with E-state index in [4.69, 9.17) is 4.74 Å². The molecule has 1 aliphatic rings. The summed E-state index contributed by atoms with van der Waals surface area (Å²) in [6, 6.07) is 9.37. The van der Waals surface area contributed by atoms with Gasteiger partial charge >= 0.3 is 5.97 Å². The number of rotatable bonds is 5. The Bertz CT molecular complexity index is 683. The van der Waals surface area contributed by atoms with E-state index in [0.29, 0.717) is 25.9 Å². The Morgan fingerprint density at radius 1 is 1.14 bits per heavy atom. The highest BCUT2D eigenvalue weighted by Crippen LogP contribution is 2.20. The van der Waals surface area contributed by atoms with Crippen LogP contribution in [0.1, 0.15) is 51.2 Å². The third kappa shape index (κ3) is 6.51. The number of carbonyl (C=O) groups excluding carboxylic acids is 3. The summed E-state index contributed by atoms with van der Waals surface area (Å²) >= 11 is 0. The summed E-state index contributed by atoms with van der Waals surface area (Å²) < 4.78 is 5.58. The predicted octanol–water partition coefficient (Wildman–Crippen LogP) is 3.00. The van der Waals surface area contributed by atoms with Crippen LogP contribution < -0.4 is 5.32 Å². The van der Waals surface area contributed by atoms with Gasteiger partial charge in [0, 0.05) is 25.9 Å². The molecule has 0 bridgehead atoms. The monoisotopic (exact) mass is 386 g/mol. The van der Waals surface area contributed by atoms with Gasteiger partial charge in [0.05, 0.1) is 12.5 Å². The SMILES string of the molecule is CCN(CC)C(=O)C[C@@H]1C/C=C/CCC(=O)O[C@H](c2ccccc2)CNC1=O. The van der Waals surface area contributed by atoms with Crippen molar-refractivity contribution < 1.29 is 19.1 Å². The fourth-order valence-electron chi connectivity index (χ4n) is 3.23. The molecule has 2 amide bonds. The molecule has 6 nitrogen and oxygen atoms in total. The van der Waals surface area contributed by atoms with Gasteiger partial charge in [0.15, 0.2) is 0 Å². The van der Waals surface area contributed by atoms with Crippen molar-refractivity contribution in [1.82, 2.24) is 10.2 Å². The zero-order chi connectivity index (χ0) is 20.4. The number of benzene rings is 1. The Hall–Kier alpha value is -2.63. The third-order valence-electron chi connectivity index (χ3n) is 4.92. The Labute approximate surface area is 166 Å². The summed E-state index contributed by atoms with van der Waals surface area (Å²) in [5.41, 5.74) is 0.833. The second-order valence-corrected chi connectivity index (χ2v) is 6.85. The maximum Gasteiger partial charge on any atom is 0.306 e. The number of carbonyl (C=O) groups is 3. The first kappa shape index (κ1) is 21.7. The average molecular weight is 386 g/mol. The summed E-state index contributed by atoms with van der Waals surface area (Å²) in [5, 5.41) is 2.88. The molecule has 1 aliphatic heterocycles. The standard InChI is InChI=1S/C22H30N2O4/c1-3-24(4-2)20(25)15-18-13-9-6-10-14-21(26)28-19(16-23-22(18)27)17-11-7-5-8-12-17/h5-9,11-12,18-19H,3-4,10,13-16H2,1-2H3,(H,23,27)/b9-6+/t18-,19-/m0/s1. The van der Waals surface area contributed by atoms with E-state index in [2.05, 4.69) is 5.32 Å². The molecule has 0 saturated carbocycles. The van der Waals surface area contributed by atoms with Crippen molar-refractivity contribution >= 4 is 17.8 Å². The largest absolute Gasteiger partial charge is 0.456 e. The quantitative estimate of drug-likeness (QED) is 0.623. The van der Waals surface area contributed by atoms with Crippen LogP contribution in [0, 0.1) is 5.92 Å². The molecule has 0 saturated heterocycles. The second-order valence-electron chi connectivity index (χ2n) is 6.85. The number of nitrogens with zero attached hydrogens (tertiary/aromatic N) is 1. The summed E-state index contributed by atoms with van der Waals surface area (Å²) in [4.78, 5) is 39.1. The number of cyclic esters (lactones) is 1. The van der Waals surface area contributed by atoms with E-state index in [0.717, 1.165) is 5.56 Å². The fraction of sp³-hybridized carbons (Fsp3) is 0.500. The molecule has 6 heteroatoms. The van der Waals surface area contributed by atoms with Gasteiger partial charge in [0.1, 0.15) is 6.10 Å². The van der Waals surface area contributed by atoms with Crippen LogP contribution in [0.15, 0.2) is 42.5 Å². The second kappa shape index (κ2) is 11.3. The van der Waals surface area contributed by atoms with Crippen molar-refractivity contribution in [1.29, 1.82) is 0 Å². The molecule has 152 valence electrons. The Morgan fingerprint density at radius 2 is 1.86 bits per heavy atom. The van der Waals surface area contributed by atoms with Crippen molar-refractivity contribution in [2.45, 2.75) is 45.6 Å². The molecule has 0 radical (unpaired) electrons. The first-order valence-corrected chi connectivity index (χ1v) is 10.00. The molecule has 1 N–H and O–H groups in total. The number of nitrogens with one attached hydrogen (secondary N) is 1. The number of hydrogen-bond donors (Lipinski definition) is 1. The van der Waals surface area contributed by atoms with Crippen LogP contribution in [-0.2, 0) is 19.1 Å². The van der Waals surface area contributed by atoms with E-state index in [1.807, 2.05) is 56.3 Å². The smallest absolute Gasteiger partial charge is 0.306 e. The normalized spacial score (nSPS) is 22.2. The molecule has 2 rings (SSSR count). The molecule has 0 fully saturated rings. The van der Waals surface area contributed by atoms with Crippen molar-refractivity contribution in [2.75, 3.05) is 19.6 Å². The maximum absolute atomic E-state index is 12.8. The van der Waals surface area contributed by atoms with Crippen molar-refractivity contribution in [3.8, 4) is 0 Å². The third-order valence-corrected chi connectivity index (χ3v) is 4.92. The molecule has 2 atom stereocenters. The van der Waals surface area contributed by atoms with Gasteiger partial charge in [-0.2, -0.15) is 0 Å². The zero-order valence-corrected chi connectivity index (χ0v) is 16.7. The van der Waals surface area contributed by atoms with E-state index >= 15 is 0 Å². The molecule has 0 spiro atoms. The predicted molar refractivity (Wildman–Crippen MR) is 107 cm³/mol. The molecule has 28 heavy (non-hydrogen) atoms. The lowest BCUT2D eigenvalue weighted by molar-refractivity contribution is -0.150. The lowest BCUT2D eigenvalue weighted by Crippen LogP contribution is -2.39. The summed E-state index contributed by atoms with van der Waals surface area (Å²) in [7, 11) is 0. The molecule has 1 heterocycles. The minimum Gasteiger partial charge on any atom is -0.456 e. The van der Waals surface area contributed by atoms with E-state index in [-0.39, 0.29) is 37.2 Å². The van der Waals surface area contributed by atoms with Crippen LogP contribution >= 0.6 is 0 Å². The minimum absolute atomic E-state index is 0.0170. The van der Waals surface area contributed by atoms with Gasteiger partial charge in [0.2, 0.25) is 11.8 Å². The van der Waals surface area contributed by atoms with Crippen LogP contribution in [0.25, 0.3) is 0 Å². The van der Waals surface area contributed by atoms with Crippen LogP contribution in [0.4, 0.5) is 0 Å². The molecule has 0 aromatic heterocycles. The van der Waals surface area contributed by atoms with Gasteiger partial charge in [-0.05, 0) is 32.3 Å². The van der Waals surface area contributed by atoms with Gasteiger partial charge < -0.3 is 15.0 Å². The van der Waals surface area contributed by atoms with Crippen LogP contribution in [0.2, 0.25) is 0 Å². The fourth-order valence-corrected chi connectivity index (χ4v) is 3.23. The first-order valence-electron chi connectivity index (χ1n) is 10.00. The highest BCUT2D eigenvalue weighted by molar-refractivity contribution is 5.86. The lowest BCUT2D eigenvalue weighted by Gasteiger charge is -2.24. The summed E-state index contributed by atoms with van der Waals surface area (Å²) in [5.74, 6) is -0.933. The van der Waals surface area contributed by atoms with Crippen molar-refractivity contribution in [2.24, 2.45) is 5.92 Å². The number of hydrogen-bond acceptors (Lipinski definition) is 4. The van der Waals surface area contributed by atoms with E-state index < -0.39 is 12.0 Å².